The molecular formula is C24H30N2O. The summed E-state index contributed by atoms with van der Waals surface area (Å²) in [6.45, 7) is 4.61. The first-order chi connectivity index (χ1) is 13.0. The first-order valence-electron chi connectivity index (χ1n) is 9.89. The molecule has 0 bridgehead atoms. The maximum Gasteiger partial charge on any atom is 0.242 e. The van der Waals surface area contributed by atoms with Gasteiger partial charge < -0.3 is 4.90 Å². The van der Waals surface area contributed by atoms with Crippen molar-refractivity contribution in [3.05, 3.63) is 70.8 Å². The summed E-state index contributed by atoms with van der Waals surface area (Å²) in [5, 5.41) is 0. The highest BCUT2D eigenvalue weighted by Gasteiger charge is 2.42. The third kappa shape index (κ3) is 3.74. The third-order valence-corrected chi connectivity index (χ3v) is 5.67. The molecule has 0 aromatic heterocycles. The second kappa shape index (κ2) is 8.18. The molecule has 3 nitrogen and oxygen atoms in total. The summed E-state index contributed by atoms with van der Waals surface area (Å²) in [4.78, 5) is 18.8. The molecule has 0 aliphatic heterocycles. The van der Waals surface area contributed by atoms with Crippen molar-refractivity contribution in [2.75, 3.05) is 20.6 Å². The van der Waals surface area contributed by atoms with Gasteiger partial charge in [-0.05, 0) is 68.6 Å². The lowest BCUT2D eigenvalue weighted by Crippen LogP contribution is -2.41. The fourth-order valence-electron chi connectivity index (χ4n) is 4.51. The van der Waals surface area contributed by atoms with Gasteiger partial charge in [-0.3, -0.25) is 4.79 Å². The van der Waals surface area contributed by atoms with Crippen LogP contribution in [-0.4, -0.2) is 37.2 Å². The maximum atomic E-state index is 12.0. The molecule has 0 radical (unpaired) electrons. The van der Waals surface area contributed by atoms with Gasteiger partial charge in [0.15, 0.2) is 0 Å². The lowest BCUT2D eigenvalue weighted by atomic mass is 9.66. The molecule has 3 heteroatoms. The first kappa shape index (κ1) is 19.5. The van der Waals surface area contributed by atoms with Crippen LogP contribution < -0.4 is 0 Å². The number of rotatable bonds is 5. The SMILES string of the molecule is CCC(=NC(C)=O)C1(CCN(C)C)c2ccccc2CCc2ccccc21. The minimum Gasteiger partial charge on any atom is -0.309 e. The van der Waals surface area contributed by atoms with E-state index in [1.54, 1.807) is 6.92 Å². The Balaban J connectivity index is 2.37. The van der Waals surface area contributed by atoms with Crippen LogP contribution in [-0.2, 0) is 23.1 Å². The average molecular weight is 363 g/mol. The predicted molar refractivity (Wildman–Crippen MR) is 113 cm³/mol. The van der Waals surface area contributed by atoms with E-state index in [2.05, 4.69) is 79.4 Å². The molecule has 0 atom stereocenters. The molecule has 1 aliphatic carbocycles. The third-order valence-electron chi connectivity index (χ3n) is 5.67. The number of aryl methyl sites for hydroxylation is 2. The molecule has 1 aliphatic rings. The summed E-state index contributed by atoms with van der Waals surface area (Å²) in [5.41, 5.74) is 6.01. The molecule has 142 valence electrons. The number of amides is 1. The Kier molecular flexibility index (Phi) is 5.91. The number of fused-ring (bicyclic) bond motifs is 2. The van der Waals surface area contributed by atoms with Crippen LogP contribution in [0.4, 0.5) is 0 Å². The second-order valence-electron chi connectivity index (χ2n) is 7.70. The highest BCUT2D eigenvalue weighted by atomic mass is 16.1. The molecule has 3 rings (SSSR count). The number of aliphatic imine (C=N–C) groups is 1. The van der Waals surface area contributed by atoms with Gasteiger partial charge in [-0.1, -0.05) is 55.5 Å². The molecule has 2 aromatic rings. The van der Waals surface area contributed by atoms with Crippen LogP contribution in [0.1, 0.15) is 48.9 Å². The van der Waals surface area contributed by atoms with Crippen LogP contribution in [0, 0.1) is 0 Å². The maximum absolute atomic E-state index is 12.0. The van der Waals surface area contributed by atoms with Crippen molar-refractivity contribution < 1.29 is 4.79 Å². The molecule has 0 spiro atoms. The summed E-state index contributed by atoms with van der Waals surface area (Å²) in [6, 6.07) is 17.5. The minimum atomic E-state index is -0.353. The van der Waals surface area contributed by atoms with Gasteiger partial charge in [0.05, 0.1) is 5.41 Å². The van der Waals surface area contributed by atoms with Gasteiger partial charge in [0, 0.05) is 12.6 Å². The molecule has 2 aromatic carbocycles. The van der Waals surface area contributed by atoms with Crippen LogP contribution in [0.2, 0.25) is 0 Å². The zero-order chi connectivity index (χ0) is 19.4. The van der Waals surface area contributed by atoms with Crippen LogP contribution in [0.3, 0.4) is 0 Å². The van der Waals surface area contributed by atoms with Crippen molar-refractivity contribution in [1.82, 2.24) is 4.90 Å². The molecule has 0 unspecified atom stereocenters. The van der Waals surface area contributed by atoms with Gasteiger partial charge in [0.25, 0.3) is 0 Å². The lowest BCUT2D eigenvalue weighted by molar-refractivity contribution is -0.115. The highest BCUT2D eigenvalue weighted by molar-refractivity contribution is 6.04. The fraction of sp³-hybridized carbons (Fsp3) is 0.417. The van der Waals surface area contributed by atoms with Gasteiger partial charge in [-0.25, -0.2) is 4.99 Å². The van der Waals surface area contributed by atoms with Crippen molar-refractivity contribution in [2.45, 2.75) is 44.9 Å². The van der Waals surface area contributed by atoms with Gasteiger partial charge in [-0.2, -0.15) is 0 Å². The number of carbonyl (C=O) groups excluding carboxylic acids is 1. The van der Waals surface area contributed by atoms with E-state index in [-0.39, 0.29) is 11.3 Å². The highest BCUT2D eigenvalue weighted by Crippen LogP contribution is 2.44. The Bertz CT molecular complexity index is 803. The zero-order valence-electron chi connectivity index (χ0n) is 17.0. The van der Waals surface area contributed by atoms with E-state index >= 15 is 0 Å². The summed E-state index contributed by atoms with van der Waals surface area (Å²) in [5.74, 6) is -0.115. The topological polar surface area (TPSA) is 32.7 Å². The van der Waals surface area contributed by atoms with Crippen LogP contribution in [0.5, 0.6) is 0 Å². The molecular weight excluding hydrogens is 332 g/mol. The van der Waals surface area contributed by atoms with Crippen molar-refractivity contribution in [3.63, 3.8) is 0 Å². The average Bonchev–Trinajstić information content (AvgIpc) is 2.80. The summed E-state index contributed by atoms with van der Waals surface area (Å²) < 4.78 is 0. The number of carbonyl (C=O) groups is 1. The van der Waals surface area contributed by atoms with E-state index in [0.29, 0.717) is 0 Å². The van der Waals surface area contributed by atoms with Crippen molar-refractivity contribution >= 4 is 11.6 Å². The fourth-order valence-corrected chi connectivity index (χ4v) is 4.51. The van der Waals surface area contributed by atoms with Crippen LogP contribution in [0.25, 0.3) is 0 Å². The summed E-state index contributed by atoms with van der Waals surface area (Å²) in [7, 11) is 4.21. The molecule has 0 N–H and O–H groups in total. The van der Waals surface area contributed by atoms with E-state index in [0.717, 1.165) is 37.9 Å². The standard InChI is InChI=1S/C24H30N2O/c1-5-23(25-18(2)27)24(16-17-26(3)4)21-12-8-6-10-19(21)14-15-20-11-7-9-13-22(20)24/h6-13H,5,14-17H2,1-4H3. The lowest BCUT2D eigenvalue weighted by Gasteiger charge is -2.38. The summed E-state index contributed by atoms with van der Waals surface area (Å²) in [6.07, 6.45) is 3.71. The predicted octanol–water partition coefficient (Wildman–Crippen LogP) is 4.42. The number of benzene rings is 2. The second-order valence-corrected chi connectivity index (χ2v) is 7.70. The van der Waals surface area contributed by atoms with Gasteiger partial charge in [0.2, 0.25) is 5.91 Å². The van der Waals surface area contributed by atoms with Gasteiger partial charge >= 0.3 is 0 Å². The van der Waals surface area contributed by atoms with Crippen molar-refractivity contribution in [3.8, 4) is 0 Å². The Hall–Kier alpha value is -2.26. The molecule has 1 amide bonds. The number of nitrogens with zero attached hydrogens (tertiary/aromatic N) is 2. The Morgan fingerprint density at radius 2 is 1.52 bits per heavy atom. The van der Waals surface area contributed by atoms with E-state index in [9.17, 15) is 4.79 Å². The quantitative estimate of drug-likeness (QED) is 0.738. The van der Waals surface area contributed by atoms with Crippen LogP contribution >= 0.6 is 0 Å². The Labute approximate surface area is 163 Å². The van der Waals surface area contributed by atoms with E-state index in [1.165, 1.54) is 22.3 Å². The van der Waals surface area contributed by atoms with E-state index in [1.807, 2.05) is 0 Å². The molecule has 0 fully saturated rings. The molecule has 0 saturated carbocycles. The zero-order valence-corrected chi connectivity index (χ0v) is 17.0. The molecule has 0 saturated heterocycles. The normalized spacial score (nSPS) is 15.8. The van der Waals surface area contributed by atoms with Crippen molar-refractivity contribution in [1.29, 1.82) is 0 Å². The summed E-state index contributed by atoms with van der Waals surface area (Å²) >= 11 is 0. The van der Waals surface area contributed by atoms with Crippen molar-refractivity contribution in [2.24, 2.45) is 4.99 Å². The number of hydrogen-bond acceptors (Lipinski definition) is 2. The first-order valence-corrected chi connectivity index (χ1v) is 9.89. The smallest absolute Gasteiger partial charge is 0.242 e. The van der Waals surface area contributed by atoms with E-state index in [4.69, 9.17) is 0 Å². The monoisotopic (exact) mass is 362 g/mol. The molecule has 0 heterocycles. The number of hydrogen-bond donors (Lipinski definition) is 0. The van der Waals surface area contributed by atoms with Gasteiger partial charge in [-0.15, -0.1) is 0 Å². The minimum absolute atomic E-state index is 0.115. The van der Waals surface area contributed by atoms with Gasteiger partial charge in [0.1, 0.15) is 0 Å². The Morgan fingerprint density at radius 1 is 1.00 bits per heavy atom. The van der Waals surface area contributed by atoms with Crippen LogP contribution in [0.15, 0.2) is 53.5 Å². The Morgan fingerprint density at radius 3 is 1.96 bits per heavy atom. The largest absolute Gasteiger partial charge is 0.309 e. The molecule has 27 heavy (non-hydrogen) atoms. The van der Waals surface area contributed by atoms with E-state index < -0.39 is 0 Å².